The van der Waals surface area contributed by atoms with E-state index < -0.39 is 0 Å². The highest BCUT2D eigenvalue weighted by Crippen LogP contribution is 2.42. The van der Waals surface area contributed by atoms with Crippen molar-refractivity contribution in [2.24, 2.45) is 5.92 Å². The number of benzene rings is 1. The van der Waals surface area contributed by atoms with Gasteiger partial charge in [0, 0.05) is 11.5 Å². The lowest BCUT2D eigenvalue weighted by Crippen LogP contribution is -2.12. The first-order valence-electron chi connectivity index (χ1n) is 5.68. The molecular formula is C15H14O. The maximum absolute atomic E-state index is 12.2. The molecule has 0 fully saturated rings. The molecule has 0 radical (unpaired) electrons. The third kappa shape index (κ3) is 1.21. The molecule has 1 aromatic carbocycles. The Labute approximate surface area is 95.5 Å². The lowest BCUT2D eigenvalue weighted by molar-refractivity contribution is 0.0954. The van der Waals surface area contributed by atoms with Crippen LogP contribution in [0.2, 0.25) is 0 Å². The van der Waals surface area contributed by atoms with Gasteiger partial charge in [0.1, 0.15) is 0 Å². The average Bonchev–Trinajstić information content (AvgIpc) is 2.52. The van der Waals surface area contributed by atoms with E-state index in [1.807, 2.05) is 19.1 Å². The van der Waals surface area contributed by atoms with Crippen LogP contribution in [0.5, 0.6) is 0 Å². The Morgan fingerprint density at radius 2 is 1.94 bits per heavy atom. The highest BCUT2D eigenvalue weighted by Gasteiger charge is 2.37. The third-order valence-corrected chi connectivity index (χ3v) is 3.53. The zero-order valence-electron chi connectivity index (χ0n) is 9.53. The van der Waals surface area contributed by atoms with E-state index >= 15 is 0 Å². The number of carbonyl (C=O) groups is 1. The Balaban J connectivity index is 2.18. The highest BCUT2D eigenvalue weighted by atomic mass is 16.1. The summed E-state index contributed by atoms with van der Waals surface area (Å²) in [6, 6.07) is 6.15. The molecule has 0 saturated heterocycles. The van der Waals surface area contributed by atoms with E-state index in [1.54, 1.807) is 0 Å². The summed E-state index contributed by atoms with van der Waals surface area (Å²) in [5.74, 6) is 0.594. The number of aryl methyl sites for hydroxylation is 1. The molecule has 1 nitrogen and oxygen atoms in total. The average molecular weight is 210 g/mol. The molecule has 80 valence electrons. The highest BCUT2D eigenvalue weighted by molar-refractivity contribution is 6.05. The van der Waals surface area contributed by atoms with Crippen LogP contribution in [0.25, 0.3) is 0 Å². The smallest absolute Gasteiger partial charge is 0.170 e. The van der Waals surface area contributed by atoms with Crippen LogP contribution in [0.15, 0.2) is 42.0 Å². The molecule has 2 atom stereocenters. The molecule has 2 unspecified atom stereocenters. The number of hydrogen-bond acceptors (Lipinski definition) is 1. The van der Waals surface area contributed by atoms with Crippen molar-refractivity contribution in [3.8, 4) is 0 Å². The molecule has 1 heteroatoms. The molecule has 16 heavy (non-hydrogen) atoms. The lowest BCUT2D eigenvalue weighted by Gasteiger charge is -2.16. The van der Waals surface area contributed by atoms with Crippen molar-refractivity contribution in [2.45, 2.75) is 19.8 Å². The second kappa shape index (κ2) is 3.18. The van der Waals surface area contributed by atoms with Crippen molar-refractivity contribution >= 4 is 5.78 Å². The summed E-state index contributed by atoms with van der Waals surface area (Å²) < 4.78 is 0. The molecule has 2 aliphatic carbocycles. The Morgan fingerprint density at radius 3 is 2.75 bits per heavy atom. The quantitative estimate of drug-likeness (QED) is 0.641. The maximum atomic E-state index is 12.2. The number of ketones is 1. The van der Waals surface area contributed by atoms with Crippen molar-refractivity contribution < 1.29 is 4.79 Å². The van der Waals surface area contributed by atoms with E-state index in [4.69, 9.17) is 0 Å². The van der Waals surface area contributed by atoms with Crippen LogP contribution in [0.4, 0.5) is 0 Å². The van der Waals surface area contributed by atoms with Gasteiger partial charge in [-0.05, 0) is 19.4 Å². The number of fused-ring (bicyclic) bond motifs is 3. The molecule has 0 aromatic heterocycles. The minimum atomic E-state index is 0.0433. The van der Waals surface area contributed by atoms with E-state index in [2.05, 4.69) is 31.2 Å². The Hall–Kier alpha value is -1.63. The molecule has 0 spiro atoms. The Morgan fingerprint density at radius 1 is 1.12 bits per heavy atom. The molecule has 0 saturated carbocycles. The van der Waals surface area contributed by atoms with Crippen molar-refractivity contribution in [1.29, 1.82) is 0 Å². The fourth-order valence-corrected chi connectivity index (χ4v) is 2.72. The van der Waals surface area contributed by atoms with Gasteiger partial charge in [0.2, 0.25) is 0 Å². The van der Waals surface area contributed by atoms with Gasteiger partial charge >= 0.3 is 0 Å². The van der Waals surface area contributed by atoms with Gasteiger partial charge in [-0.2, -0.15) is 0 Å². The minimum Gasteiger partial charge on any atom is -0.293 e. The number of rotatable bonds is 0. The van der Waals surface area contributed by atoms with Crippen LogP contribution in [-0.4, -0.2) is 5.78 Å². The van der Waals surface area contributed by atoms with Crippen LogP contribution in [0, 0.1) is 12.8 Å². The molecule has 0 heterocycles. The van der Waals surface area contributed by atoms with Crippen LogP contribution in [0.3, 0.4) is 0 Å². The van der Waals surface area contributed by atoms with Crippen LogP contribution in [-0.2, 0) is 0 Å². The molecule has 0 bridgehead atoms. The van der Waals surface area contributed by atoms with Gasteiger partial charge in [-0.25, -0.2) is 0 Å². The Kier molecular flexibility index (Phi) is 1.90. The number of carbonyl (C=O) groups excluding carboxylic acids is 1. The number of Topliss-reactive ketones (excluding diaryl/α,β-unsaturated/α-hetero) is 1. The summed E-state index contributed by atoms with van der Waals surface area (Å²) in [4.78, 5) is 12.2. The van der Waals surface area contributed by atoms with Gasteiger partial charge in [-0.1, -0.05) is 47.6 Å². The summed E-state index contributed by atoms with van der Waals surface area (Å²) in [5.41, 5.74) is 4.54. The lowest BCUT2D eigenvalue weighted by atomic mass is 9.86. The standard InChI is InChI=1S/C15H14O/c1-9-4-6-12-13(7-9)11-5-3-10(2)8-14(11)15(12)16/h3-8,11,14H,1-2H3. The van der Waals surface area contributed by atoms with E-state index in [0.29, 0.717) is 0 Å². The maximum Gasteiger partial charge on any atom is 0.170 e. The third-order valence-electron chi connectivity index (χ3n) is 3.53. The first-order valence-corrected chi connectivity index (χ1v) is 5.68. The fraction of sp³-hybridized carbons (Fsp3) is 0.267. The summed E-state index contributed by atoms with van der Waals surface area (Å²) in [6.45, 7) is 4.12. The zero-order valence-corrected chi connectivity index (χ0v) is 9.53. The van der Waals surface area contributed by atoms with E-state index in [9.17, 15) is 4.79 Å². The van der Waals surface area contributed by atoms with Gasteiger partial charge in [0.15, 0.2) is 5.78 Å². The van der Waals surface area contributed by atoms with Gasteiger partial charge in [-0.3, -0.25) is 4.79 Å². The van der Waals surface area contributed by atoms with Crippen molar-refractivity contribution in [2.75, 3.05) is 0 Å². The monoisotopic (exact) mass is 210 g/mol. The second-order valence-electron chi connectivity index (χ2n) is 4.78. The fourth-order valence-electron chi connectivity index (χ4n) is 2.72. The predicted octanol–water partition coefficient (Wildman–Crippen LogP) is 3.41. The topological polar surface area (TPSA) is 17.1 Å². The molecule has 3 rings (SSSR count). The number of allylic oxidation sites excluding steroid dienone is 4. The summed E-state index contributed by atoms with van der Waals surface area (Å²) in [7, 11) is 0. The normalized spacial score (nSPS) is 26.4. The van der Waals surface area contributed by atoms with E-state index in [-0.39, 0.29) is 17.6 Å². The van der Waals surface area contributed by atoms with E-state index in [1.165, 1.54) is 16.7 Å². The zero-order chi connectivity index (χ0) is 11.3. The largest absolute Gasteiger partial charge is 0.293 e. The summed E-state index contributed by atoms with van der Waals surface area (Å²) in [5, 5.41) is 0. The molecule has 2 aliphatic rings. The van der Waals surface area contributed by atoms with Gasteiger partial charge in [-0.15, -0.1) is 0 Å². The van der Waals surface area contributed by atoms with Crippen molar-refractivity contribution in [3.05, 3.63) is 58.7 Å². The number of hydrogen-bond donors (Lipinski definition) is 0. The summed E-state index contributed by atoms with van der Waals surface area (Å²) in [6.07, 6.45) is 6.39. The molecular weight excluding hydrogens is 196 g/mol. The molecule has 0 N–H and O–H groups in total. The van der Waals surface area contributed by atoms with Gasteiger partial charge < -0.3 is 0 Å². The first kappa shape index (κ1) is 9.59. The van der Waals surface area contributed by atoms with E-state index in [0.717, 1.165) is 5.56 Å². The molecule has 0 aliphatic heterocycles. The van der Waals surface area contributed by atoms with Crippen molar-refractivity contribution in [1.82, 2.24) is 0 Å². The SMILES string of the molecule is CC1=CC2C(=O)c3ccc(C)cc3C2C=C1. The Bertz CT molecular complexity index is 534. The molecule has 1 aromatic rings. The van der Waals surface area contributed by atoms with Gasteiger partial charge in [0.25, 0.3) is 0 Å². The van der Waals surface area contributed by atoms with Crippen LogP contribution >= 0.6 is 0 Å². The molecule has 0 amide bonds. The van der Waals surface area contributed by atoms with Crippen molar-refractivity contribution in [3.63, 3.8) is 0 Å². The summed E-state index contributed by atoms with van der Waals surface area (Å²) >= 11 is 0. The minimum absolute atomic E-state index is 0.0433. The van der Waals surface area contributed by atoms with Crippen LogP contribution in [0.1, 0.15) is 34.3 Å². The predicted molar refractivity (Wildman–Crippen MR) is 64.6 cm³/mol. The van der Waals surface area contributed by atoms with Crippen LogP contribution < -0.4 is 0 Å². The van der Waals surface area contributed by atoms with Gasteiger partial charge in [0.05, 0.1) is 5.92 Å². The second-order valence-corrected chi connectivity index (χ2v) is 4.78. The first-order chi connectivity index (χ1) is 7.66.